The van der Waals surface area contributed by atoms with Crippen LogP contribution in [0.4, 0.5) is 11.8 Å². The number of thioether (sulfide) groups is 1. The minimum atomic E-state index is -1.98. The van der Waals surface area contributed by atoms with E-state index >= 15 is 0 Å². The molecule has 0 bridgehead atoms. The number of esters is 1. The molecular formula is C13H15Cl3N6O3S2. The van der Waals surface area contributed by atoms with E-state index in [9.17, 15) is 9.90 Å². The lowest BCUT2D eigenvalue weighted by molar-refractivity contribution is -0.141. The Hall–Kier alpha value is -1.11. The molecule has 1 aromatic heterocycles. The maximum absolute atomic E-state index is 11.9. The highest BCUT2D eigenvalue weighted by Gasteiger charge is 2.40. The molecule has 0 amide bonds. The number of aliphatic hydroxyl groups is 1. The van der Waals surface area contributed by atoms with Crippen LogP contribution in [0, 0.1) is 12.3 Å². The predicted molar refractivity (Wildman–Crippen MR) is 110 cm³/mol. The molecule has 4 N–H and O–H groups in total. The van der Waals surface area contributed by atoms with Crippen molar-refractivity contribution in [2.24, 2.45) is 0 Å². The number of carbonyl (C=O) groups excluding carboxylic acids is 1. The van der Waals surface area contributed by atoms with Gasteiger partial charge in [0.15, 0.2) is 21.6 Å². The Morgan fingerprint density at radius 2 is 2.22 bits per heavy atom. The third-order valence-electron chi connectivity index (χ3n) is 3.05. The van der Waals surface area contributed by atoms with Crippen LogP contribution in [-0.2, 0) is 9.53 Å². The van der Waals surface area contributed by atoms with E-state index in [4.69, 9.17) is 57.2 Å². The number of hydrogen-bond acceptors (Lipinski definition) is 10. The van der Waals surface area contributed by atoms with Crippen LogP contribution >= 0.6 is 58.8 Å². The average molecular weight is 474 g/mol. The summed E-state index contributed by atoms with van der Waals surface area (Å²) in [6.07, 6.45) is -1.55. The number of ether oxygens (including phenoxy) is 1. The third kappa shape index (κ3) is 5.69. The second-order valence-electron chi connectivity index (χ2n) is 5.15. The number of thiocarbonyl (C=S) groups is 1. The van der Waals surface area contributed by atoms with Gasteiger partial charge in [-0.15, -0.1) is 0 Å². The van der Waals surface area contributed by atoms with Crippen LogP contribution in [0.25, 0.3) is 0 Å². The molecule has 2 atom stereocenters. The number of nitrogens with zero attached hydrogens (tertiary/aromatic N) is 3. The van der Waals surface area contributed by atoms with Gasteiger partial charge in [-0.1, -0.05) is 58.8 Å². The molecule has 1 fully saturated rings. The third-order valence-corrected chi connectivity index (χ3v) is 5.17. The molecule has 1 aromatic rings. The van der Waals surface area contributed by atoms with Gasteiger partial charge in [0.25, 0.3) is 0 Å². The Balaban J connectivity index is 2.16. The first-order valence-electron chi connectivity index (χ1n) is 7.42. The lowest BCUT2D eigenvalue weighted by Crippen LogP contribution is -2.39. The van der Waals surface area contributed by atoms with Crippen LogP contribution in [0.1, 0.15) is 12.6 Å². The zero-order valence-electron chi connectivity index (χ0n) is 14.0. The minimum Gasteiger partial charge on any atom is -0.465 e. The number of carbonyl (C=O) groups is 1. The number of alkyl halides is 3. The molecule has 0 spiro atoms. The smallest absolute Gasteiger partial charge is 0.327 e. The maximum Gasteiger partial charge on any atom is 0.327 e. The molecule has 2 heterocycles. The first kappa shape index (κ1) is 22.2. The second kappa shape index (κ2) is 8.93. The fourth-order valence-corrected chi connectivity index (χ4v) is 3.35. The first-order valence-corrected chi connectivity index (χ1v) is 9.84. The van der Waals surface area contributed by atoms with E-state index in [-0.39, 0.29) is 28.5 Å². The first-order chi connectivity index (χ1) is 12.5. The average Bonchev–Trinajstić information content (AvgIpc) is 2.82. The lowest BCUT2D eigenvalue weighted by atomic mass is 10.4. The van der Waals surface area contributed by atoms with Crippen molar-refractivity contribution in [3.05, 3.63) is 11.8 Å². The number of anilines is 2. The molecule has 14 heteroatoms. The van der Waals surface area contributed by atoms with E-state index in [1.54, 1.807) is 19.9 Å². The van der Waals surface area contributed by atoms with E-state index in [1.165, 1.54) is 5.01 Å². The van der Waals surface area contributed by atoms with Crippen molar-refractivity contribution >= 4 is 86.7 Å². The zero-order chi connectivity index (χ0) is 20.4. The van der Waals surface area contributed by atoms with Crippen molar-refractivity contribution in [3.63, 3.8) is 0 Å². The molecule has 0 unspecified atom stereocenters. The molecule has 1 aliphatic rings. The zero-order valence-corrected chi connectivity index (χ0v) is 17.9. The number of nitrogens with one attached hydrogen (secondary N) is 3. The lowest BCUT2D eigenvalue weighted by Gasteiger charge is -2.22. The van der Waals surface area contributed by atoms with Gasteiger partial charge in [-0.3, -0.25) is 15.6 Å². The number of hydrogen-bond donors (Lipinski definition) is 4. The van der Waals surface area contributed by atoms with Gasteiger partial charge in [-0.05, 0) is 13.8 Å². The Labute approximate surface area is 179 Å². The molecule has 9 nitrogen and oxygen atoms in total. The summed E-state index contributed by atoms with van der Waals surface area (Å²) in [6.45, 7) is 3.57. The SMILES string of the molecule is CCOC(=O)[C@H]1SC(=S)N(Nc2cc(C)nc(N[C@@H](O)C(Cl)(Cl)Cl)n2)C1=N. The number of hydrazine groups is 1. The Morgan fingerprint density at radius 1 is 1.56 bits per heavy atom. The van der Waals surface area contributed by atoms with Crippen LogP contribution in [0.5, 0.6) is 0 Å². The van der Waals surface area contributed by atoms with Crippen LogP contribution < -0.4 is 10.7 Å². The predicted octanol–water partition coefficient (Wildman–Crippen LogP) is 2.46. The fourth-order valence-electron chi connectivity index (χ4n) is 1.92. The normalized spacial score (nSPS) is 18.4. The van der Waals surface area contributed by atoms with Gasteiger partial charge in [-0.25, -0.2) is 9.99 Å². The number of amidine groups is 1. The van der Waals surface area contributed by atoms with Crippen LogP contribution in [0.3, 0.4) is 0 Å². The summed E-state index contributed by atoms with van der Waals surface area (Å²) >= 11 is 23.0. The summed E-state index contributed by atoms with van der Waals surface area (Å²) < 4.78 is 3.21. The molecule has 0 saturated carbocycles. The highest BCUT2D eigenvalue weighted by atomic mass is 35.6. The van der Waals surface area contributed by atoms with E-state index in [0.717, 1.165) is 11.8 Å². The van der Waals surface area contributed by atoms with Crippen LogP contribution in [0.2, 0.25) is 0 Å². The molecule has 1 saturated heterocycles. The quantitative estimate of drug-likeness (QED) is 0.212. The van der Waals surface area contributed by atoms with Gasteiger partial charge in [0, 0.05) is 11.8 Å². The van der Waals surface area contributed by atoms with Gasteiger partial charge < -0.3 is 15.2 Å². The Bertz CT molecular complexity index is 763. The number of aromatic nitrogens is 2. The van der Waals surface area contributed by atoms with Crippen LogP contribution in [0.15, 0.2) is 6.07 Å². The molecule has 0 aromatic carbocycles. The highest BCUT2D eigenvalue weighted by molar-refractivity contribution is 8.24. The molecule has 2 rings (SSSR count). The number of aliphatic hydroxyl groups excluding tert-OH is 1. The molecule has 27 heavy (non-hydrogen) atoms. The van der Waals surface area contributed by atoms with Crippen molar-refractivity contribution in [2.75, 3.05) is 17.3 Å². The molecule has 0 radical (unpaired) electrons. The van der Waals surface area contributed by atoms with Gasteiger partial charge in [-0.2, -0.15) is 4.98 Å². The van der Waals surface area contributed by atoms with E-state index < -0.39 is 21.2 Å². The van der Waals surface area contributed by atoms with E-state index in [0.29, 0.717) is 5.69 Å². The maximum atomic E-state index is 11.9. The summed E-state index contributed by atoms with van der Waals surface area (Å²) in [5.41, 5.74) is 3.35. The summed E-state index contributed by atoms with van der Waals surface area (Å²) in [5, 5.41) is 20.8. The fraction of sp³-hybridized carbons (Fsp3) is 0.462. The van der Waals surface area contributed by atoms with Gasteiger partial charge >= 0.3 is 5.97 Å². The summed E-state index contributed by atoms with van der Waals surface area (Å²) in [5.74, 6) is -0.400. The van der Waals surface area contributed by atoms with Crippen molar-refractivity contribution < 1.29 is 14.6 Å². The van der Waals surface area contributed by atoms with Crippen molar-refractivity contribution in [2.45, 2.75) is 29.1 Å². The van der Waals surface area contributed by atoms with Crippen LogP contribution in [-0.4, -0.2) is 58.1 Å². The summed E-state index contributed by atoms with van der Waals surface area (Å²) in [7, 11) is 0. The monoisotopic (exact) mass is 472 g/mol. The Kier molecular flexibility index (Phi) is 7.33. The van der Waals surface area contributed by atoms with Crippen molar-refractivity contribution in [1.82, 2.24) is 15.0 Å². The topological polar surface area (TPSA) is 123 Å². The molecule has 0 aliphatic carbocycles. The number of rotatable bonds is 6. The molecule has 1 aliphatic heterocycles. The minimum absolute atomic E-state index is 0.0115. The van der Waals surface area contributed by atoms with Crippen molar-refractivity contribution in [1.29, 1.82) is 5.41 Å². The summed E-state index contributed by atoms with van der Waals surface area (Å²) in [4.78, 5) is 20.1. The second-order valence-corrected chi connectivity index (χ2v) is 9.26. The number of halogens is 3. The molecule has 148 valence electrons. The van der Waals surface area contributed by atoms with Gasteiger partial charge in [0.1, 0.15) is 5.84 Å². The number of aryl methyl sites for hydroxylation is 1. The Morgan fingerprint density at radius 3 is 2.81 bits per heavy atom. The van der Waals surface area contributed by atoms with Gasteiger partial charge in [0.05, 0.1) is 6.61 Å². The molecular weight excluding hydrogens is 459 g/mol. The van der Waals surface area contributed by atoms with E-state index in [2.05, 4.69) is 20.7 Å². The highest BCUT2D eigenvalue weighted by Crippen LogP contribution is 2.31. The standard InChI is InChI=1S/C13H15Cl3N6O3S2/c1-3-25-9(23)7-8(17)22(12(26)27-7)21-6-4-5(2)18-11(19-6)20-10(24)13(14,15)16/h4,7,10,17,24H,3H2,1-2H3,(H2,18,19,20,21)/t7-,10-/m0/s1. The van der Waals surface area contributed by atoms with Crippen molar-refractivity contribution in [3.8, 4) is 0 Å². The van der Waals surface area contributed by atoms with Gasteiger partial charge in [0.2, 0.25) is 9.74 Å². The summed E-state index contributed by atoms with van der Waals surface area (Å²) in [6, 6.07) is 1.57. The largest absolute Gasteiger partial charge is 0.465 e. The van der Waals surface area contributed by atoms with E-state index in [1.807, 2.05) is 0 Å².